The van der Waals surface area contributed by atoms with Gasteiger partial charge in [0.15, 0.2) is 0 Å². The van der Waals surface area contributed by atoms with Gasteiger partial charge in [0, 0.05) is 29.4 Å². The van der Waals surface area contributed by atoms with Gasteiger partial charge < -0.3 is 39.8 Å². The molecule has 2 aromatic heterocycles. The van der Waals surface area contributed by atoms with Gasteiger partial charge in [-0.3, -0.25) is 14.4 Å². The monoisotopic (exact) mass is 867 g/mol. The van der Waals surface area contributed by atoms with Crippen LogP contribution >= 0.6 is 0 Å². The third-order valence-corrected chi connectivity index (χ3v) is 17.3. The van der Waals surface area contributed by atoms with Gasteiger partial charge in [0.1, 0.15) is 12.6 Å². The predicted octanol–water partition coefficient (Wildman–Crippen LogP) is 5.36. The second-order valence-corrected chi connectivity index (χ2v) is 20.3. The summed E-state index contributed by atoms with van der Waals surface area (Å²) in [6.45, 7) is 8.13. The largest absolute Gasteiger partial charge is 0.481 e. The summed E-state index contributed by atoms with van der Waals surface area (Å²) in [6.07, 6.45) is 3.51. The van der Waals surface area contributed by atoms with Crippen molar-refractivity contribution in [3.05, 3.63) is 63.4 Å². The summed E-state index contributed by atoms with van der Waals surface area (Å²) in [4.78, 5) is 72.4. The first-order valence-electron chi connectivity index (χ1n) is 23.1. The summed E-state index contributed by atoms with van der Waals surface area (Å²) in [6, 6.07) is 9.82. The molecule has 5 N–H and O–H groups in total. The Morgan fingerprint density at radius 2 is 1.78 bits per heavy atom. The fourth-order valence-electron chi connectivity index (χ4n) is 13.8. The number of benzene rings is 1. The molecule has 4 fully saturated rings. The number of hydrogen-bond acceptors (Lipinski definition) is 11. The van der Waals surface area contributed by atoms with E-state index in [9.17, 15) is 44.4 Å². The van der Waals surface area contributed by atoms with Crippen molar-refractivity contribution in [2.45, 2.75) is 148 Å². The van der Waals surface area contributed by atoms with Crippen LogP contribution in [0.3, 0.4) is 0 Å². The first-order valence-corrected chi connectivity index (χ1v) is 23.1. The predicted molar refractivity (Wildman–Crippen MR) is 230 cm³/mol. The molecule has 0 saturated heterocycles. The topological polar surface area (TPSA) is 215 Å². The number of amides is 1. The Labute approximate surface area is 366 Å². The second-order valence-electron chi connectivity index (χ2n) is 20.3. The van der Waals surface area contributed by atoms with E-state index < -0.39 is 65.1 Å². The van der Waals surface area contributed by atoms with E-state index in [0.717, 1.165) is 42.1 Å². The fourth-order valence-corrected chi connectivity index (χ4v) is 13.8. The van der Waals surface area contributed by atoms with Gasteiger partial charge in [0.25, 0.3) is 5.56 Å². The Balaban J connectivity index is 0.911. The number of carbonyl (C=O) groups is 4. The average Bonchev–Trinajstić information content (AvgIpc) is 3.80. The van der Waals surface area contributed by atoms with Gasteiger partial charge in [-0.1, -0.05) is 45.9 Å². The van der Waals surface area contributed by atoms with Gasteiger partial charge in [-0.15, -0.1) is 0 Å². The number of aliphatic hydroxyl groups is 3. The number of hydrogen-bond donors (Lipinski definition) is 5. The van der Waals surface area contributed by atoms with Crippen molar-refractivity contribution in [3.63, 3.8) is 0 Å². The number of carboxylic acids is 1. The maximum Gasteiger partial charge on any atom is 0.355 e. The molecule has 14 heteroatoms. The lowest BCUT2D eigenvalue weighted by Crippen LogP contribution is -2.62. The third kappa shape index (κ3) is 7.00. The minimum Gasteiger partial charge on any atom is -0.481 e. The lowest BCUT2D eigenvalue weighted by Gasteiger charge is -2.63. The lowest BCUT2D eigenvalue weighted by molar-refractivity contribution is -0.207. The first kappa shape index (κ1) is 43.6. The normalized spacial score (nSPS) is 34.9. The molecule has 13 atom stereocenters. The Kier molecular flexibility index (Phi) is 11.1. The lowest BCUT2D eigenvalue weighted by atomic mass is 9.43. The summed E-state index contributed by atoms with van der Waals surface area (Å²) in [5.74, 6) is -2.90. The van der Waals surface area contributed by atoms with E-state index in [1.54, 1.807) is 17.6 Å². The van der Waals surface area contributed by atoms with Crippen molar-refractivity contribution in [2.75, 3.05) is 0 Å². The van der Waals surface area contributed by atoms with E-state index in [-0.39, 0.29) is 90.6 Å². The number of rotatable bonds is 11. The number of nitrogens with zero attached hydrogens (tertiary/aromatic N) is 2. The highest BCUT2D eigenvalue weighted by atomic mass is 16.6. The number of fused-ring (bicyclic) bond motifs is 10. The summed E-state index contributed by atoms with van der Waals surface area (Å²) in [5, 5.41) is 47.4. The molecule has 0 spiro atoms. The molecule has 1 amide bonds. The number of cyclic esters (lactones) is 1. The smallest absolute Gasteiger partial charge is 0.355 e. The Morgan fingerprint density at radius 3 is 2.54 bits per heavy atom. The molecule has 4 heterocycles. The van der Waals surface area contributed by atoms with Crippen molar-refractivity contribution in [1.82, 2.24) is 14.9 Å². The van der Waals surface area contributed by atoms with Gasteiger partial charge in [0.2, 0.25) is 11.5 Å². The van der Waals surface area contributed by atoms with Crippen LogP contribution < -0.4 is 10.9 Å². The minimum absolute atomic E-state index is 0.00522. The van der Waals surface area contributed by atoms with E-state index in [1.165, 1.54) is 0 Å². The molecule has 4 aliphatic carbocycles. The van der Waals surface area contributed by atoms with Gasteiger partial charge in [-0.05, 0) is 129 Å². The van der Waals surface area contributed by atoms with Gasteiger partial charge in [-0.2, -0.15) is 0 Å². The first-order chi connectivity index (χ1) is 30.0. The molecule has 11 unspecified atom stereocenters. The van der Waals surface area contributed by atoms with Gasteiger partial charge in [-0.25, -0.2) is 14.6 Å². The standard InChI is InChI=1S/C49H61N3O11/c1-5-49(33-21-37-43-27(18-26-8-6-7-9-35(26)51-43)23-52(37)44(59)30(33)24-62-46(49)61)63-45(60)36(13-15-41(57)58)50-40(56)14-10-25(2)31-11-12-32-42-34(22-39(55)48(31,32)4)47(3)17-16-29(53)19-28(47)20-38(42)54/h6-9,18,21,25,28-29,31-32,34,36,38-39,42,53-55H,5,10-17,19-20,22-24H2,1-4H3,(H,50,56)(H,57,58)/t25-,28?,29?,31?,32?,34?,36?,38?,39?,42?,47?,48?,49+/m1/s1. The Hall–Kier alpha value is -4.66. The molecular weight excluding hydrogens is 807 g/mol. The van der Waals surface area contributed by atoms with E-state index in [0.29, 0.717) is 37.1 Å². The number of ether oxygens (including phenoxy) is 2. The number of carboxylic acid groups (broad SMARTS) is 1. The highest BCUT2D eigenvalue weighted by Crippen LogP contribution is 2.68. The number of aromatic nitrogens is 2. The molecule has 1 aromatic carbocycles. The maximum atomic E-state index is 14.2. The number of nitrogens with one attached hydrogen (secondary N) is 1. The van der Waals surface area contributed by atoms with Crippen LogP contribution in [0.4, 0.5) is 0 Å². The van der Waals surface area contributed by atoms with Crippen molar-refractivity contribution in [2.24, 2.45) is 46.3 Å². The zero-order valence-corrected chi connectivity index (χ0v) is 36.7. The molecule has 0 bridgehead atoms. The molecule has 3 aromatic rings. The third-order valence-electron chi connectivity index (χ3n) is 17.3. The molecule has 63 heavy (non-hydrogen) atoms. The molecule has 9 rings (SSSR count). The molecule has 6 aliphatic rings. The number of aliphatic carboxylic acids is 1. The van der Waals surface area contributed by atoms with Crippen LogP contribution in [0.5, 0.6) is 0 Å². The van der Waals surface area contributed by atoms with E-state index in [1.807, 2.05) is 30.3 Å². The number of aliphatic hydroxyl groups excluding tert-OH is 3. The maximum absolute atomic E-state index is 14.2. The van der Waals surface area contributed by atoms with Crippen LogP contribution in [-0.2, 0) is 47.4 Å². The van der Waals surface area contributed by atoms with Crippen LogP contribution in [0.15, 0.2) is 41.2 Å². The summed E-state index contributed by atoms with van der Waals surface area (Å²) < 4.78 is 13.2. The molecule has 338 valence electrons. The second kappa shape index (κ2) is 16.1. The van der Waals surface area contributed by atoms with Gasteiger partial charge >= 0.3 is 17.9 Å². The van der Waals surface area contributed by atoms with Crippen LogP contribution in [-0.4, -0.2) is 78.1 Å². The molecule has 2 aliphatic heterocycles. The van der Waals surface area contributed by atoms with Crippen LogP contribution in [0.2, 0.25) is 0 Å². The molecule has 4 saturated carbocycles. The number of pyridine rings is 2. The van der Waals surface area contributed by atoms with E-state index >= 15 is 0 Å². The number of para-hydroxylation sites is 1. The summed E-state index contributed by atoms with van der Waals surface area (Å²) in [5.41, 5.74) is -0.000543. The molecule has 14 nitrogen and oxygen atoms in total. The highest BCUT2D eigenvalue weighted by molar-refractivity contribution is 5.91. The van der Waals surface area contributed by atoms with Crippen molar-refractivity contribution < 1.29 is 49.1 Å². The van der Waals surface area contributed by atoms with Crippen molar-refractivity contribution in [3.8, 4) is 11.4 Å². The summed E-state index contributed by atoms with van der Waals surface area (Å²) >= 11 is 0. The van der Waals surface area contributed by atoms with Crippen LogP contribution in [0.1, 0.15) is 121 Å². The van der Waals surface area contributed by atoms with Crippen LogP contribution in [0, 0.1) is 46.3 Å². The van der Waals surface area contributed by atoms with Crippen LogP contribution in [0.25, 0.3) is 22.3 Å². The van der Waals surface area contributed by atoms with Crippen molar-refractivity contribution in [1.29, 1.82) is 0 Å². The molecule has 0 radical (unpaired) electrons. The Morgan fingerprint density at radius 1 is 1.00 bits per heavy atom. The quantitative estimate of drug-likeness (QED) is 0.121. The fraction of sp³-hybridized carbons (Fsp3) is 0.633. The highest BCUT2D eigenvalue weighted by Gasteiger charge is 2.66. The summed E-state index contributed by atoms with van der Waals surface area (Å²) in [7, 11) is 0. The van der Waals surface area contributed by atoms with E-state index in [2.05, 4.69) is 26.1 Å². The van der Waals surface area contributed by atoms with Gasteiger partial charge in [0.05, 0.1) is 47.3 Å². The van der Waals surface area contributed by atoms with Crippen molar-refractivity contribution >= 4 is 34.7 Å². The number of esters is 2. The zero-order valence-electron chi connectivity index (χ0n) is 36.7. The minimum atomic E-state index is -2.05. The SMILES string of the molecule is CC[C@@]1(OC(=O)C(CCC(=O)O)NC(=O)CC[C@@H](C)C2CCC3C4C(O)CC5CC(O)CCC5(C)C4CC(O)C32C)C(=O)OCc2c1cc1n(c2=O)Cc2cc3ccccc3nc2-1. The van der Waals surface area contributed by atoms with E-state index in [4.69, 9.17) is 14.5 Å². The Bertz CT molecular complexity index is 2420. The average molecular weight is 868 g/mol. The molecular formula is C49H61N3O11. The zero-order chi connectivity index (χ0) is 44.7. The number of carbonyl (C=O) groups excluding carboxylic acids is 3.